The fourth-order valence-corrected chi connectivity index (χ4v) is 4.51. The Morgan fingerprint density at radius 3 is 2.65 bits per heavy atom. The van der Waals surface area contributed by atoms with E-state index in [4.69, 9.17) is 4.98 Å². The van der Waals surface area contributed by atoms with E-state index < -0.39 is 5.60 Å². The number of pyridine rings is 2. The van der Waals surface area contributed by atoms with Gasteiger partial charge in [0.1, 0.15) is 5.69 Å². The highest BCUT2D eigenvalue weighted by Gasteiger charge is 2.31. The number of nitrogens with zero attached hydrogens (tertiary/aromatic N) is 5. The Morgan fingerprint density at radius 1 is 1.06 bits per heavy atom. The first-order chi connectivity index (χ1) is 14.7. The van der Waals surface area contributed by atoms with Crippen molar-refractivity contribution in [1.29, 1.82) is 0 Å². The minimum absolute atomic E-state index is 0.00213. The van der Waals surface area contributed by atoms with Crippen LogP contribution in [-0.4, -0.2) is 48.3 Å². The van der Waals surface area contributed by atoms with Crippen molar-refractivity contribution >= 4 is 16.6 Å². The summed E-state index contributed by atoms with van der Waals surface area (Å²) >= 11 is 0. The highest BCUT2D eigenvalue weighted by molar-refractivity contribution is 5.84. The first-order valence-corrected chi connectivity index (χ1v) is 10.9. The van der Waals surface area contributed by atoms with Crippen LogP contribution in [0.5, 0.6) is 0 Å². The average Bonchev–Trinajstić information content (AvgIpc) is 3.28. The maximum Gasteiger partial charge on any atom is 0.187 e. The molecular weight excluding hydrogens is 386 g/mol. The van der Waals surface area contributed by atoms with Gasteiger partial charge in [0.05, 0.1) is 11.1 Å². The summed E-state index contributed by atoms with van der Waals surface area (Å²) in [6.07, 6.45) is 2.91. The third kappa shape index (κ3) is 3.82. The maximum atomic E-state index is 10.3. The van der Waals surface area contributed by atoms with E-state index in [1.807, 2.05) is 23.5 Å². The molecule has 0 amide bonds. The molecule has 1 aliphatic heterocycles. The van der Waals surface area contributed by atoms with Gasteiger partial charge in [-0.25, -0.2) is 4.98 Å². The molecule has 1 unspecified atom stereocenters. The minimum Gasteiger partial charge on any atom is -0.389 e. The van der Waals surface area contributed by atoms with Crippen molar-refractivity contribution in [3.63, 3.8) is 0 Å². The fraction of sp³-hybridized carbons (Fsp3) is 0.400. The van der Waals surface area contributed by atoms with Crippen LogP contribution in [0, 0.1) is 0 Å². The predicted molar refractivity (Wildman–Crippen MR) is 123 cm³/mol. The number of rotatable bonds is 3. The zero-order valence-electron chi connectivity index (χ0n) is 18.6. The van der Waals surface area contributed by atoms with Crippen LogP contribution in [0.2, 0.25) is 0 Å². The molecule has 4 heterocycles. The largest absolute Gasteiger partial charge is 0.389 e. The predicted octanol–water partition coefficient (Wildman–Crippen LogP) is 4.20. The van der Waals surface area contributed by atoms with Crippen molar-refractivity contribution in [2.24, 2.45) is 0 Å². The number of aromatic nitrogens is 4. The van der Waals surface area contributed by atoms with E-state index in [1.165, 1.54) is 11.1 Å². The van der Waals surface area contributed by atoms with Crippen molar-refractivity contribution < 1.29 is 5.11 Å². The van der Waals surface area contributed by atoms with Gasteiger partial charge in [0, 0.05) is 31.2 Å². The van der Waals surface area contributed by atoms with Gasteiger partial charge in [-0.05, 0) is 42.0 Å². The average molecular weight is 416 g/mol. The van der Waals surface area contributed by atoms with Crippen LogP contribution in [-0.2, 0) is 12.0 Å². The van der Waals surface area contributed by atoms with E-state index in [0.717, 1.165) is 47.6 Å². The normalized spacial score (nSPS) is 20.2. The summed E-state index contributed by atoms with van der Waals surface area (Å²) < 4.78 is 2.03. The molecule has 4 aromatic rings. The third-order valence-corrected chi connectivity index (χ3v) is 6.16. The summed E-state index contributed by atoms with van der Waals surface area (Å²) in [4.78, 5) is 7.31. The summed E-state index contributed by atoms with van der Waals surface area (Å²) in [6.45, 7) is 10.9. The van der Waals surface area contributed by atoms with Crippen LogP contribution in [0.4, 0.5) is 0 Å². The van der Waals surface area contributed by atoms with Crippen LogP contribution >= 0.6 is 0 Å². The summed E-state index contributed by atoms with van der Waals surface area (Å²) in [5, 5.41) is 20.2. The molecule has 160 valence electrons. The highest BCUT2D eigenvalue weighted by Crippen LogP contribution is 2.30. The molecule has 0 bridgehead atoms. The standard InChI is InChI=1S/C25H29N5O/c1-24(2,3)19-7-5-6-18-9-10-20(26-22(18)19)23-28-27-21-11-8-17(15-30(21)23)14-29-13-12-25(4,31)16-29/h5-11,15,31H,12-14,16H2,1-4H3. The lowest BCUT2D eigenvalue weighted by Crippen LogP contribution is -2.29. The zero-order valence-corrected chi connectivity index (χ0v) is 18.6. The van der Waals surface area contributed by atoms with Gasteiger partial charge in [0.15, 0.2) is 11.5 Å². The van der Waals surface area contributed by atoms with Gasteiger partial charge in [-0.15, -0.1) is 10.2 Å². The first kappa shape index (κ1) is 20.1. The lowest BCUT2D eigenvalue weighted by atomic mass is 9.85. The quantitative estimate of drug-likeness (QED) is 0.543. The Balaban J connectivity index is 1.55. The van der Waals surface area contributed by atoms with E-state index in [1.54, 1.807) is 0 Å². The van der Waals surface area contributed by atoms with Crippen LogP contribution in [0.15, 0.2) is 48.7 Å². The zero-order chi connectivity index (χ0) is 21.8. The number of aliphatic hydroxyl groups is 1. The van der Waals surface area contributed by atoms with Gasteiger partial charge in [-0.2, -0.15) is 0 Å². The van der Waals surface area contributed by atoms with Gasteiger partial charge >= 0.3 is 0 Å². The van der Waals surface area contributed by atoms with Crippen LogP contribution in [0.1, 0.15) is 45.2 Å². The smallest absolute Gasteiger partial charge is 0.187 e. The monoisotopic (exact) mass is 415 g/mol. The molecule has 1 aliphatic rings. The van der Waals surface area contributed by atoms with Crippen molar-refractivity contribution in [1.82, 2.24) is 24.5 Å². The van der Waals surface area contributed by atoms with Gasteiger partial charge in [-0.1, -0.05) is 51.1 Å². The summed E-state index contributed by atoms with van der Waals surface area (Å²) in [7, 11) is 0. The van der Waals surface area contributed by atoms with E-state index in [-0.39, 0.29) is 5.41 Å². The lowest BCUT2D eigenvalue weighted by molar-refractivity contribution is 0.0679. The van der Waals surface area contributed by atoms with Gasteiger partial charge in [-0.3, -0.25) is 9.30 Å². The molecular formula is C25H29N5O. The minimum atomic E-state index is -0.592. The lowest BCUT2D eigenvalue weighted by Gasteiger charge is -2.20. The second-order valence-corrected chi connectivity index (χ2v) is 10.1. The number of β-amino-alcohol motifs (C(OH)–C–C–N with tert-alkyl or cyclic N) is 1. The molecule has 6 heteroatoms. The van der Waals surface area contributed by atoms with Crippen LogP contribution in [0.25, 0.3) is 28.1 Å². The molecule has 0 spiro atoms. The van der Waals surface area contributed by atoms with Crippen molar-refractivity contribution in [2.45, 2.75) is 51.7 Å². The number of benzene rings is 1. The molecule has 1 atom stereocenters. The molecule has 6 nitrogen and oxygen atoms in total. The summed E-state index contributed by atoms with van der Waals surface area (Å²) in [5.41, 5.74) is 4.44. The summed E-state index contributed by atoms with van der Waals surface area (Å²) in [5.74, 6) is 0.746. The van der Waals surface area contributed by atoms with E-state index in [9.17, 15) is 5.11 Å². The van der Waals surface area contributed by atoms with E-state index >= 15 is 0 Å². The number of para-hydroxylation sites is 1. The molecule has 0 radical (unpaired) electrons. The maximum absolute atomic E-state index is 10.3. The van der Waals surface area contributed by atoms with Gasteiger partial charge < -0.3 is 5.11 Å². The first-order valence-electron chi connectivity index (χ1n) is 10.9. The molecule has 1 aromatic carbocycles. The number of hydrogen-bond acceptors (Lipinski definition) is 5. The second-order valence-electron chi connectivity index (χ2n) is 10.1. The Labute approximate surface area is 182 Å². The highest BCUT2D eigenvalue weighted by atomic mass is 16.3. The second kappa shape index (κ2) is 7.11. The van der Waals surface area contributed by atoms with Gasteiger partial charge in [0.2, 0.25) is 0 Å². The molecule has 3 aromatic heterocycles. The summed E-state index contributed by atoms with van der Waals surface area (Å²) in [6, 6.07) is 14.6. The topological polar surface area (TPSA) is 66.5 Å². The van der Waals surface area contributed by atoms with Crippen molar-refractivity contribution in [3.8, 4) is 11.5 Å². The molecule has 1 N–H and O–H groups in total. The Hall–Kier alpha value is -2.83. The molecule has 0 aliphatic carbocycles. The van der Waals surface area contributed by atoms with Gasteiger partial charge in [0.25, 0.3) is 0 Å². The molecule has 5 rings (SSSR count). The molecule has 31 heavy (non-hydrogen) atoms. The van der Waals surface area contributed by atoms with Crippen molar-refractivity contribution in [3.05, 3.63) is 59.8 Å². The Kier molecular flexibility index (Phi) is 4.61. The third-order valence-electron chi connectivity index (χ3n) is 6.16. The number of hydrogen-bond donors (Lipinski definition) is 1. The van der Waals surface area contributed by atoms with E-state index in [0.29, 0.717) is 6.54 Å². The number of fused-ring (bicyclic) bond motifs is 2. The van der Waals surface area contributed by atoms with E-state index in [2.05, 4.69) is 72.4 Å². The van der Waals surface area contributed by atoms with Crippen molar-refractivity contribution in [2.75, 3.05) is 13.1 Å². The Bertz CT molecular complexity index is 1270. The van der Waals surface area contributed by atoms with Crippen LogP contribution < -0.4 is 0 Å². The Morgan fingerprint density at radius 2 is 1.90 bits per heavy atom. The SMILES string of the molecule is CC1(O)CCN(Cc2ccc3nnc(-c4ccc5cccc(C(C)(C)C)c5n4)n3c2)C1. The fourth-order valence-electron chi connectivity index (χ4n) is 4.51. The molecule has 1 fully saturated rings. The number of likely N-dealkylation sites (tertiary alicyclic amines) is 1. The molecule has 1 saturated heterocycles. The molecule has 0 saturated carbocycles. The van der Waals surface area contributed by atoms with Crippen LogP contribution in [0.3, 0.4) is 0 Å².